The van der Waals surface area contributed by atoms with Gasteiger partial charge < -0.3 is 4.90 Å². The van der Waals surface area contributed by atoms with E-state index in [-0.39, 0.29) is 11.7 Å². The summed E-state index contributed by atoms with van der Waals surface area (Å²) in [6.07, 6.45) is 1.61. The molecule has 0 bridgehead atoms. The van der Waals surface area contributed by atoms with E-state index in [4.69, 9.17) is 0 Å². The molecule has 0 saturated heterocycles. The monoisotopic (exact) mass is 347 g/mol. The molecule has 120 valence electrons. The van der Waals surface area contributed by atoms with Gasteiger partial charge in [-0.05, 0) is 30.7 Å². The SMILES string of the molecule is Cc1ccc(C(=O)N(Cc2ccccc2)[C@@H]2C=CS(=O)(=O)C2)s1. The van der Waals surface area contributed by atoms with Gasteiger partial charge in [0.2, 0.25) is 0 Å². The molecule has 23 heavy (non-hydrogen) atoms. The van der Waals surface area contributed by atoms with E-state index in [2.05, 4.69) is 0 Å². The summed E-state index contributed by atoms with van der Waals surface area (Å²) in [7, 11) is -3.21. The maximum absolute atomic E-state index is 12.9. The summed E-state index contributed by atoms with van der Waals surface area (Å²) in [5.74, 6) is -0.172. The van der Waals surface area contributed by atoms with Crippen LogP contribution in [-0.4, -0.2) is 31.0 Å². The number of thiophene rings is 1. The zero-order chi connectivity index (χ0) is 16.4. The predicted octanol–water partition coefficient (Wildman–Crippen LogP) is 3.01. The number of aryl methyl sites for hydroxylation is 1. The summed E-state index contributed by atoms with van der Waals surface area (Å²) in [6, 6.07) is 12.9. The van der Waals surface area contributed by atoms with Gasteiger partial charge in [0.05, 0.1) is 16.7 Å². The molecule has 0 fully saturated rings. The topological polar surface area (TPSA) is 54.5 Å². The molecular weight excluding hydrogens is 330 g/mol. The van der Waals surface area contributed by atoms with Crippen LogP contribution < -0.4 is 0 Å². The lowest BCUT2D eigenvalue weighted by molar-refractivity contribution is 0.0718. The zero-order valence-electron chi connectivity index (χ0n) is 12.7. The molecule has 0 saturated carbocycles. The Kier molecular flexibility index (Phi) is 4.37. The van der Waals surface area contributed by atoms with Crippen LogP contribution in [0.25, 0.3) is 0 Å². The highest BCUT2D eigenvalue weighted by Gasteiger charge is 2.31. The lowest BCUT2D eigenvalue weighted by Crippen LogP contribution is -2.40. The van der Waals surface area contributed by atoms with Gasteiger partial charge in [-0.3, -0.25) is 4.79 Å². The number of nitrogens with zero attached hydrogens (tertiary/aromatic N) is 1. The average Bonchev–Trinajstić information content (AvgIpc) is 3.11. The van der Waals surface area contributed by atoms with Crippen LogP contribution in [0.1, 0.15) is 20.1 Å². The second kappa shape index (κ2) is 6.29. The van der Waals surface area contributed by atoms with Crippen molar-refractivity contribution in [1.29, 1.82) is 0 Å². The van der Waals surface area contributed by atoms with Gasteiger partial charge >= 0.3 is 0 Å². The van der Waals surface area contributed by atoms with E-state index in [0.717, 1.165) is 10.4 Å². The largest absolute Gasteiger partial charge is 0.326 e. The van der Waals surface area contributed by atoms with Gasteiger partial charge in [-0.25, -0.2) is 8.42 Å². The Labute approximate surface area is 140 Å². The maximum Gasteiger partial charge on any atom is 0.264 e. The molecular formula is C17H17NO3S2. The number of sulfone groups is 1. The van der Waals surface area contributed by atoms with Crippen LogP contribution in [-0.2, 0) is 16.4 Å². The second-order valence-corrected chi connectivity index (χ2v) is 8.77. The summed E-state index contributed by atoms with van der Waals surface area (Å²) in [5.41, 5.74) is 0.979. The number of carbonyl (C=O) groups excluding carboxylic acids is 1. The summed E-state index contributed by atoms with van der Waals surface area (Å²) < 4.78 is 23.5. The van der Waals surface area contributed by atoms with Gasteiger partial charge in [-0.1, -0.05) is 30.3 Å². The predicted molar refractivity (Wildman–Crippen MR) is 92.1 cm³/mol. The fourth-order valence-electron chi connectivity index (χ4n) is 2.56. The highest BCUT2D eigenvalue weighted by Crippen LogP contribution is 2.23. The number of rotatable bonds is 4. The molecule has 1 aromatic heterocycles. The van der Waals surface area contributed by atoms with Gasteiger partial charge in [0.15, 0.2) is 9.84 Å². The van der Waals surface area contributed by atoms with E-state index in [1.54, 1.807) is 17.0 Å². The molecule has 0 radical (unpaired) electrons. The van der Waals surface area contributed by atoms with Crippen LogP contribution in [0, 0.1) is 6.92 Å². The molecule has 4 nitrogen and oxygen atoms in total. The van der Waals surface area contributed by atoms with Crippen LogP contribution in [0.5, 0.6) is 0 Å². The number of hydrogen-bond donors (Lipinski definition) is 0. The van der Waals surface area contributed by atoms with E-state index < -0.39 is 15.9 Å². The van der Waals surface area contributed by atoms with Crippen LogP contribution >= 0.6 is 11.3 Å². The third kappa shape index (κ3) is 3.71. The third-order valence-corrected chi connectivity index (χ3v) is 6.09. The van der Waals surface area contributed by atoms with E-state index >= 15 is 0 Å². The van der Waals surface area contributed by atoms with Gasteiger partial charge in [-0.2, -0.15) is 0 Å². The first kappa shape index (κ1) is 16.0. The number of amides is 1. The molecule has 2 heterocycles. The van der Waals surface area contributed by atoms with Crippen LogP contribution in [0.3, 0.4) is 0 Å². The molecule has 6 heteroatoms. The summed E-state index contributed by atoms with van der Waals surface area (Å²) in [6.45, 7) is 2.34. The zero-order valence-corrected chi connectivity index (χ0v) is 14.3. The number of carbonyl (C=O) groups is 1. The Bertz CT molecular complexity index is 838. The van der Waals surface area contributed by atoms with Gasteiger partial charge in [0, 0.05) is 16.8 Å². The molecule has 1 amide bonds. The Balaban J connectivity index is 1.90. The van der Waals surface area contributed by atoms with Crippen molar-refractivity contribution in [2.75, 3.05) is 5.75 Å². The van der Waals surface area contributed by atoms with E-state index in [9.17, 15) is 13.2 Å². The summed E-state index contributed by atoms with van der Waals surface area (Å²) in [4.78, 5) is 16.2. The molecule has 1 aliphatic rings. The Morgan fingerprint density at radius 3 is 2.52 bits per heavy atom. The second-order valence-electron chi connectivity index (χ2n) is 5.55. The fourth-order valence-corrected chi connectivity index (χ4v) is 4.69. The van der Waals surface area contributed by atoms with Crippen molar-refractivity contribution in [3.8, 4) is 0 Å². The van der Waals surface area contributed by atoms with Gasteiger partial charge in [0.25, 0.3) is 5.91 Å². The minimum Gasteiger partial charge on any atom is -0.326 e. The normalized spacial score (nSPS) is 18.9. The molecule has 1 atom stereocenters. The summed E-state index contributed by atoms with van der Waals surface area (Å²) >= 11 is 1.43. The molecule has 3 rings (SSSR count). The quantitative estimate of drug-likeness (QED) is 0.854. The van der Waals surface area contributed by atoms with E-state index in [0.29, 0.717) is 11.4 Å². The minimum atomic E-state index is -3.21. The smallest absolute Gasteiger partial charge is 0.264 e. The molecule has 0 aliphatic carbocycles. The van der Waals surface area contributed by atoms with Crippen LogP contribution in [0.15, 0.2) is 53.9 Å². The van der Waals surface area contributed by atoms with Crippen molar-refractivity contribution in [2.24, 2.45) is 0 Å². The third-order valence-electron chi connectivity index (χ3n) is 3.72. The van der Waals surface area contributed by atoms with Crippen molar-refractivity contribution in [3.63, 3.8) is 0 Å². The standard InChI is InChI=1S/C17H17NO3S2/c1-13-7-8-16(22-13)17(19)18(11-14-5-3-2-4-6-14)15-9-10-23(20,21)12-15/h2-10,15H,11-12H2,1H3/t15-/m1/s1. The first-order chi connectivity index (χ1) is 10.9. The molecule has 0 spiro atoms. The van der Waals surface area contributed by atoms with E-state index in [1.807, 2.05) is 43.3 Å². The highest BCUT2D eigenvalue weighted by atomic mass is 32.2. The maximum atomic E-state index is 12.9. The lowest BCUT2D eigenvalue weighted by Gasteiger charge is -2.27. The van der Waals surface area contributed by atoms with Crippen LogP contribution in [0.4, 0.5) is 0 Å². The minimum absolute atomic E-state index is 0.0457. The van der Waals surface area contributed by atoms with Crippen molar-refractivity contribution >= 4 is 27.1 Å². The Hall–Kier alpha value is -1.92. The van der Waals surface area contributed by atoms with Gasteiger partial charge in [0.1, 0.15) is 0 Å². The summed E-state index contributed by atoms with van der Waals surface area (Å²) in [5, 5.41) is 1.21. The van der Waals surface area contributed by atoms with Crippen molar-refractivity contribution in [3.05, 3.63) is 69.3 Å². The van der Waals surface area contributed by atoms with Crippen molar-refractivity contribution in [1.82, 2.24) is 4.90 Å². The molecule has 1 aliphatic heterocycles. The van der Waals surface area contributed by atoms with Crippen molar-refractivity contribution < 1.29 is 13.2 Å². The first-order valence-corrected chi connectivity index (χ1v) is 9.80. The average molecular weight is 347 g/mol. The highest BCUT2D eigenvalue weighted by molar-refractivity contribution is 7.94. The Morgan fingerprint density at radius 1 is 1.22 bits per heavy atom. The molecule has 0 unspecified atom stereocenters. The lowest BCUT2D eigenvalue weighted by atomic mass is 10.1. The van der Waals surface area contributed by atoms with Gasteiger partial charge in [-0.15, -0.1) is 11.3 Å². The number of hydrogen-bond acceptors (Lipinski definition) is 4. The molecule has 1 aromatic carbocycles. The van der Waals surface area contributed by atoms with E-state index in [1.165, 1.54) is 16.7 Å². The first-order valence-electron chi connectivity index (χ1n) is 7.27. The molecule has 0 N–H and O–H groups in total. The Morgan fingerprint density at radius 2 is 1.96 bits per heavy atom. The van der Waals surface area contributed by atoms with Crippen LogP contribution in [0.2, 0.25) is 0 Å². The van der Waals surface area contributed by atoms with Crippen molar-refractivity contribution in [2.45, 2.75) is 19.5 Å². The fraction of sp³-hybridized carbons (Fsp3) is 0.235. The number of benzene rings is 1. The molecule has 2 aromatic rings.